The van der Waals surface area contributed by atoms with Gasteiger partial charge in [0, 0.05) is 5.02 Å². The molecule has 2 aromatic carbocycles. The first-order valence-electron chi connectivity index (χ1n) is 6.28. The molecular formula is C15H14ClFN2O2. The molecule has 4 nitrogen and oxygen atoms in total. The number of anilines is 1. The van der Waals surface area contributed by atoms with Crippen molar-refractivity contribution in [1.82, 2.24) is 5.32 Å². The van der Waals surface area contributed by atoms with Gasteiger partial charge in [0.2, 0.25) is 0 Å². The lowest BCUT2D eigenvalue weighted by atomic mass is 10.1. The zero-order chi connectivity index (χ0) is 15.2. The molecule has 0 saturated carbocycles. The van der Waals surface area contributed by atoms with Crippen LogP contribution in [0, 0.1) is 5.82 Å². The average Bonchev–Trinajstić information content (AvgIpc) is 2.48. The first kappa shape index (κ1) is 15.3. The van der Waals surface area contributed by atoms with Crippen LogP contribution < -0.4 is 10.6 Å². The van der Waals surface area contributed by atoms with Crippen LogP contribution in [0.25, 0.3) is 0 Å². The molecule has 6 heteroatoms. The summed E-state index contributed by atoms with van der Waals surface area (Å²) in [5.41, 5.74) is 0.772. The Bertz CT molecular complexity index is 622. The van der Waals surface area contributed by atoms with Crippen molar-refractivity contribution >= 4 is 23.3 Å². The number of carbonyl (C=O) groups excluding carboxylic acids is 1. The SMILES string of the molecule is O=C(Nc1ccc(Cl)cc1F)NC(CO)c1ccccc1. The van der Waals surface area contributed by atoms with Crippen molar-refractivity contribution in [2.45, 2.75) is 6.04 Å². The fourth-order valence-corrected chi connectivity index (χ4v) is 1.99. The number of halogens is 2. The molecule has 1 unspecified atom stereocenters. The van der Waals surface area contributed by atoms with Crippen LogP contribution in [0.5, 0.6) is 0 Å². The predicted molar refractivity (Wildman–Crippen MR) is 79.8 cm³/mol. The van der Waals surface area contributed by atoms with E-state index in [9.17, 15) is 14.3 Å². The van der Waals surface area contributed by atoms with Gasteiger partial charge in [-0.1, -0.05) is 41.9 Å². The van der Waals surface area contributed by atoms with Crippen LogP contribution in [-0.4, -0.2) is 17.7 Å². The Morgan fingerprint density at radius 2 is 1.95 bits per heavy atom. The lowest BCUT2D eigenvalue weighted by molar-refractivity contribution is 0.225. The van der Waals surface area contributed by atoms with Crippen LogP contribution in [0.1, 0.15) is 11.6 Å². The molecule has 0 spiro atoms. The fourth-order valence-electron chi connectivity index (χ4n) is 1.83. The van der Waals surface area contributed by atoms with Crippen molar-refractivity contribution in [3.8, 4) is 0 Å². The summed E-state index contributed by atoms with van der Waals surface area (Å²) in [5, 5.41) is 14.5. The minimum atomic E-state index is -0.627. The fraction of sp³-hybridized carbons (Fsp3) is 0.133. The highest BCUT2D eigenvalue weighted by molar-refractivity contribution is 6.30. The first-order chi connectivity index (χ1) is 10.1. The second kappa shape index (κ2) is 7.06. The molecule has 0 bridgehead atoms. The van der Waals surface area contributed by atoms with E-state index in [4.69, 9.17) is 11.6 Å². The quantitative estimate of drug-likeness (QED) is 0.811. The number of hydrogen-bond donors (Lipinski definition) is 3. The second-order valence-corrected chi connectivity index (χ2v) is 4.80. The molecule has 110 valence electrons. The van der Waals surface area contributed by atoms with Gasteiger partial charge >= 0.3 is 6.03 Å². The third-order valence-electron chi connectivity index (χ3n) is 2.87. The molecule has 3 N–H and O–H groups in total. The predicted octanol–water partition coefficient (Wildman–Crippen LogP) is 3.33. The van der Waals surface area contributed by atoms with Gasteiger partial charge in [0.25, 0.3) is 0 Å². The summed E-state index contributed by atoms with van der Waals surface area (Å²) in [4.78, 5) is 11.9. The van der Waals surface area contributed by atoms with Gasteiger partial charge in [-0.15, -0.1) is 0 Å². The summed E-state index contributed by atoms with van der Waals surface area (Å²) < 4.78 is 13.6. The van der Waals surface area contributed by atoms with Crippen LogP contribution in [0.15, 0.2) is 48.5 Å². The minimum absolute atomic E-state index is 0.0154. The topological polar surface area (TPSA) is 61.4 Å². The van der Waals surface area contributed by atoms with Crippen molar-refractivity contribution in [2.75, 3.05) is 11.9 Å². The third kappa shape index (κ3) is 4.18. The number of benzene rings is 2. The van der Waals surface area contributed by atoms with Crippen LogP contribution in [0.2, 0.25) is 5.02 Å². The van der Waals surface area contributed by atoms with Gasteiger partial charge in [-0.2, -0.15) is 0 Å². The van der Waals surface area contributed by atoms with E-state index in [1.807, 2.05) is 6.07 Å². The number of hydrogen-bond acceptors (Lipinski definition) is 2. The van der Waals surface area contributed by atoms with Gasteiger partial charge in [0.15, 0.2) is 0 Å². The molecule has 0 aliphatic carbocycles. The van der Waals surface area contributed by atoms with E-state index in [0.717, 1.165) is 11.6 Å². The molecule has 2 aromatic rings. The van der Waals surface area contributed by atoms with E-state index in [2.05, 4.69) is 10.6 Å². The Labute approximate surface area is 126 Å². The third-order valence-corrected chi connectivity index (χ3v) is 3.10. The van der Waals surface area contributed by atoms with Crippen molar-refractivity contribution in [3.05, 3.63) is 64.9 Å². The van der Waals surface area contributed by atoms with Crippen LogP contribution in [-0.2, 0) is 0 Å². The lowest BCUT2D eigenvalue weighted by Crippen LogP contribution is -2.34. The molecule has 2 rings (SSSR count). The molecule has 0 aliphatic rings. The molecule has 1 atom stereocenters. The summed E-state index contributed by atoms with van der Waals surface area (Å²) in [7, 11) is 0. The maximum Gasteiger partial charge on any atom is 0.319 e. The largest absolute Gasteiger partial charge is 0.394 e. The highest BCUT2D eigenvalue weighted by Crippen LogP contribution is 2.19. The van der Waals surface area contributed by atoms with Crippen LogP contribution in [0.4, 0.5) is 14.9 Å². The van der Waals surface area contributed by atoms with Crippen LogP contribution in [0.3, 0.4) is 0 Å². The number of rotatable bonds is 4. The second-order valence-electron chi connectivity index (χ2n) is 4.37. The number of carbonyl (C=O) groups is 1. The molecule has 0 aliphatic heterocycles. The lowest BCUT2D eigenvalue weighted by Gasteiger charge is -2.17. The Morgan fingerprint density at radius 1 is 1.24 bits per heavy atom. The molecule has 0 saturated heterocycles. The van der Waals surface area contributed by atoms with E-state index >= 15 is 0 Å². The van der Waals surface area contributed by atoms with E-state index in [0.29, 0.717) is 0 Å². The number of aliphatic hydroxyl groups excluding tert-OH is 1. The van der Waals surface area contributed by atoms with Crippen molar-refractivity contribution < 1.29 is 14.3 Å². The smallest absolute Gasteiger partial charge is 0.319 e. The zero-order valence-corrected chi connectivity index (χ0v) is 11.8. The molecule has 0 fully saturated rings. The van der Waals surface area contributed by atoms with Crippen molar-refractivity contribution in [2.24, 2.45) is 0 Å². The van der Waals surface area contributed by atoms with E-state index in [1.54, 1.807) is 24.3 Å². The van der Waals surface area contributed by atoms with E-state index in [1.165, 1.54) is 12.1 Å². The Kier molecular flexibility index (Phi) is 5.14. The number of amides is 2. The number of urea groups is 1. The Morgan fingerprint density at radius 3 is 2.57 bits per heavy atom. The maximum atomic E-state index is 13.6. The molecule has 2 amide bonds. The summed E-state index contributed by atoms with van der Waals surface area (Å²) in [6.45, 7) is -0.263. The highest BCUT2D eigenvalue weighted by Gasteiger charge is 2.14. The summed E-state index contributed by atoms with van der Waals surface area (Å²) >= 11 is 5.64. The van der Waals surface area contributed by atoms with Gasteiger partial charge in [-0.25, -0.2) is 9.18 Å². The maximum absolute atomic E-state index is 13.6. The number of nitrogens with one attached hydrogen (secondary N) is 2. The average molecular weight is 309 g/mol. The normalized spacial score (nSPS) is 11.8. The monoisotopic (exact) mass is 308 g/mol. The zero-order valence-electron chi connectivity index (χ0n) is 11.0. The van der Waals surface area contributed by atoms with Gasteiger partial charge in [0.05, 0.1) is 18.3 Å². The standard InChI is InChI=1S/C15H14ClFN2O2/c16-11-6-7-13(12(17)8-11)18-15(21)19-14(9-20)10-4-2-1-3-5-10/h1-8,14,20H,9H2,(H2,18,19,21). The molecule has 0 heterocycles. The molecular weight excluding hydrogens is 295 g/mol. The molecule has 0 radical (unpaired) electrons. The summed E-state index contributed by atoms with van der Waals surface area (Å²) in [5.74, 6) is -0.627. The van der Waals surface area contributed by atoms with Crippen LogP contribution >= 0.6 is 11.6 Å². The Balaban J connectivity index is 2.03. The van der Waals surface area contributed by atoms with E-state index in [-0.39, 0.29) is 17.3 Å². The Hall–Kier alpha value is -2.11. The first-order valence-corrected chi connectivity index (χ1v) is 6.66. The van der Waals surface area contributed by atoms with Gasteiger partial charge in [-0.05, 0) is 23.8 Å². The summed E-state index contributed by atoms with van der Waals surface area (Å²) in [6.07, 6.45) is 0. The highest BCUT2D eigenvalue weighted by atomic mass is 35.5. The minimum Gasteiger partial charge on any atom is -0.394 e. The molecule has 21 heavy (non-hydrogen) atoms. The molecule has 0 aromatic heterocycles. The van der Waals surface area contributed by atoms with Crippen molar-refractivity contribution in [1.29, 1.82) is 0 Å². The van der Waals surface area contributed by atoms with Gasteiger partial charge in [-0.3, -0.25) is 0 Å². The van der Waals surface area contributed by atoms with E-state index < -0.39 is 17.9 Å². The summed E-state index contributed by atoms with van der Waals surface area (Å²) in [6, 6.07) is 11.8. The number of aliphatic hydroxyl groups is 1. The van der Waals surface area contributed by atoms with Crippen molar-refractivity contribution in [3.63, 3.8) is 0 Å². The van der Waals surface area contributed by atoms with Gasteiger partial charge < -0.3 is 15.7 Å². The van der Waals surface area contributed by atoms with Gasteiger partial charge in [0.1, 0.15) is 5.82 Å².